The van der Waals surface area contributed by atoms with Crippen molar-refractivity contribution in [3.8, 4) is 5.75 Å². The Balaban J connectivity index is 2.16. The number of carbonyl (C=O) groups is 1. The number of rotatable bonds is 3. The lowest BCUT2D eigenvalue weighted by Crippen LogP contribution is -2.13. The van der Waals surface area contributed by atoms with Crippen molar-refractivity contribution in [2.45, 2.75) is 0 Å². The fourth-order valence-corrected chi connectivity index (χ4v) is 1.67. The molecule has 0 saturated heterocycles. The van der Waals surface area contributed by atoms with Crippen molar-refractivity contribution in [3.63, 3.8) is 0 Å². The fourth-order valence-electron chi connectivity index (χ4n) is 1.23. The Hall–Kier alpha value is -2.15. The summed E-state index contributed by atoms with van der Waals surface area (Å²) >= 11 is 1.12. The molecule has 1 amide bonds. The molecule has 0 bridgehead atoms. The molecule has 0 aliphatic carbocycles. The number of ether oxygens (including phenoxy) is 1. The number of methoxy groups -OCH3 is 1. The lowest BCUT2D eigenvalue weighted by Gasteiger charge is -2.08. The first-order valence-electron chi connectivity index (χ1n) is 4.72. The van der Waals surface area contributed by atoms with Gasteiger partial charge in [0.1, 0.15) is 5.75 Å². The molecule has 0 aliphatic rings. The van der Waals surface area contributed by atoms with Crippen LogP contribution in [0, 0.1) is 0 Å². The average Bonchev–Trinajstić information content (AvgIpc) is 2.85. The van der Waals surface area contributed by atoms with Crippen LogP contribution in [0.25, 0.3) is 0 Å². The predicted molar refractivity (Wildman–Crippen MR) is 65.3 cm³/mol. The van der Waals surface area contributed by atoms with E-state index in [2.05, 4.69) is 14.9 Å². The van der Waals surface area contributed by atoms with Crippen LogP contribution in [0.1, 0.15) is 10.5 Å². The summed E-state index contributed by atoms with van der Waals surface area (Å²) in [4.78, 5) is 11.7. The van der Waals surface area contributed by atoms with Gasteiger partial charge >= 0.3 is 0 Å². The fraction of sp³-hybridized carbons (Fsp3) is 0.100. The number of benzene rings is 1. The Morgan fingerprint density at radius 1 is 1.53 bits per heavy atom. The smallest absolute Gasteiger partial charge is 0.277 e. The number of nitrogen functional groups attached to an aromatic ring is 1. The van der Waals surface area contributed by atoms with Gasteiger partial charge in [-0.1, -0.05) is 4.49 Å². The van der Waals surface area contributed by atoms with Gasteiger partial charge in [0.2, 0.25) is 0 Å². The summed E-state index contributed by atoms with van der Waals surface area (Å²) in [7, 11) is 1.55. The van der Waals surface area contributed by atoms with Gasteiger partial charge in [-0.2, -0.15) is 0 Å². The normalized spacial score (nSPS) is 9.94. The molecule has 0 aliphatic heterocycles. The first kappa shape index (κ1) is 11.3. The van der Waals surface area contributed by atoms with Gasteiger partial charge < -0.3 is 15.8 Å². The zero-order valence-corrected chi connectivity index (χ0v) is 9.82. The summed E-state index contributed by atoms with van der Waals surface area (Å²) in [5, 5.41) is 7.88. The number of nitrogens with zero attached hydrogens (tertiary/aromatic N) is 2. The Bertz CT molecular complexity index is 527. The number of nitrogens with two attached hydrogens (primary N) is 1. The second-order valence-electron chi connectivity index (χ2n) is 3.20. The van der Waals surface area contributed by atoms with Gasteiger partial charge in [0, 0.05) is 11.4 Å². The van der Waals surface area contributed by atoms with Gasteiger partial charge in [-0.15, -0.1) is 5.10 Å². The number of anilines is 2. The molecule has 17 heavy (non-hydrogen) atoms. The van der Waals surface area contributed by atoms with Crippen LogP contribution in [0.5, 0.6) is 5.75 Å². The Labute approximate surface area is 102 Å². The van der Waals surface area contributed by atoms with E-state index in [0.717, 1.165) is 11.5 Å². The molecule has 3 N–H and O–H groups in total. The highest BCUT2D eigenvalue weighted by atomic mass is 32.1. The van der Waals surface area contributed by atoms with Crippen molar-refractivity contribution in [3.05, 3.63) is 29.3 Å². The van der Waals surface area contributed by atoms with Gasteiger partial charge in [-0.05, 0) is 23.7 Å². The molecule has 0 unspecified atom stereocenters. The number of amides is 1. The third-order valence-electron chi connectivity index (χ3n) is 2.10. The molecule has 88 valence electrons. The number of carbonyl (C=O) groups excluding carboxylic acids is 1. The van der Waals surface area contributed by atoms with Gasteiger partial charge in [0.05, 0.1) is 18.5 Å². The summed E-state index contributed by atoms with van der Waals surface area (Å²) in [6.45, 7) is 0. The first-order chi connectivity index (χ1) is 8.20. The lowest BCUT2D eigenvalue weighted by molar-refractivity contribution is 0.102. The number of aromatic nitrogens is 2. The topological polar surface area (TPSA) is 90.1 Å². The van der Waals surface area contributed by atoms with Crippen molar-refractivity contribution >= 4 is 28.8 Å². The van der Waals surface area contributed by atoms with Crippen LogP contribution in [-0.4, -0.2) is 22.6 Å². The summed E-state index contributed by atoms with van der Waals surface area (Å²) in [5.74, 6) is 0.298. The average molecular weight is 250 g/mol. The molecule has 0 spiro atoms. The van der Waals surface area contributed by atoms with Crippen molar-refractivity contribution in [1.82, 2.24) is 9.59 Å². The molecule has 0 fully saturated rings. The van der Waals surface area contributed by atoms with Crippen LogP contribution in [0.3, 0.4) is 0 Å². The minimum absolute atomic E-state index is 0.269. The standard InChI is InChI=1S/C10H10N4O2S/c1-16-6-2-3-8(7(11)4-6)12-10(15)9-5-17-14-13-9/h2-5H,11H2,1H3,(H,12,15). The highest BCUT2D eigenvalue weighted by molar-refractivity contribution is 7.03. The van der Waals surface area contributed by atoms with E-state index in [4.69, 9.17) is 10.5 Å². The first-order valence-corrected chi connectivity index (χ1v) is 5.56. The summed E-state index contributed by atoms with van der Waals surface area (Å²) in [5.41, 5.74) is 6.99. The lowest BCUT2D eigenvalue weighted by atomic mass is 10.2. The Morgan fingerprint density at radius 3 is 2.94 bits per heavy atom. The second-order valence-corrected chi connectivity index (χ2v) is 3.81. The Morgan fingerprint density at radius 2 is 2.35 bits per heavy atom. The summed E-state index contributed by atoms with van der Waals surface area (Å²) < 4.78 is 8.63. The minimum Gasteiger partial charge on any atom is -0.497 e. The van der Waals surface area contributed by atoms with E-state index in [1.165, 1.54) is 0 Å². The van der Waals surface area contributed by atoms with Gasteiger partial charge in [0.15, 0.2) is 5.69 Å². The summed E-state index contributed by atoms with van der Waals surface area (Å²) in [6, 6.07) is 5.02. The van der Waals surface area contributed by atoms with E-state index < -0.39 is 0 Å². The third-order valence-corrected chi connectivity index (χ3v) is 2.60. The molecule has 0 saturated carbocycles. The molecule has 6 nitrogen and oxygen atoms in total. The maximum atomic E-state index is 11.7. The highest BCUT2D eigenvalue weighted by Crippen LogP contribution is 2.24. The SMILES string of the molecule is COc1ccc(NC(=O)c2csnn2)c(N)c1. The highest BCUT2D eigenvalue weighted by Gasteiger charge is 2.10. The molecule has 7 heteroatoms. The van der Waals surface area contributed by atoms with Gasteiger partial charge in [0.25, 0.3) is 5.91 Å². The van der Waals surface area contributed by atoms with Crippen molar-refractivity contribution < 1.29 is 9.53 Å². The molecular weight excluding hydrogens is 240 g/mol. The second kappa shape index (κ2) is 4.79. The van der Waals surface area contributed by atoms with Crippen LogP contribution in [0.15, 0.2) is 23.6 Å². The molecule has 2 rings (SSSR count). The van der Waals surface area contributed by atoms with Gasteiger partial charge in [-0.3, -0.25) is 4.79 Å². The third kappa shape index (κ3) is 2.51. The monoisotopic (exact) mass is 250 g/mol. The van der Waals surface area contributed by atoms with E-state index in [1.807, 2.05) is 0 Å². The van der Waals surface area contributed by atoms with Crippen molar-refractivity contribution in [2.75, 3.05) is 18.2 Å². The molecule has 0 radical (unpaired) electrons. The van der Waals surface area contributed by atoms with E-state index >= 15 is 0 Å². The van der Waals surface area contributed by atoms with Crippen LogP contribution in [0.2, 0.25) is 0 Å². The van der Waals surface area contributed by atoms with Crippen molar-refractivity contribution in [1.29, 1.82) is 0 Å². The molecular formula is C10H10N4O2S. The van der Waals surface area contributed by atoms with E-state index in [1.54, 1.807) is 30.7 Å². The summed E-state index contributed by atoms with van der Waals surface area (Å²) in [6.07, 6.45) is 0. The number of nitrogens with one attached hydrogen (secondary N) is 1. The molecule has 1 aromatic carbocycles. The molecule has 1 heterocycles. The number of hydrogen-bond donors (Lipinski definition) is 2. The van der Waals surface area contributed by atoms with Crippen LogP contribution >= 0.6 is 11.5 Å². The zero-order chi connectivity index (χ0) is 12.3. The molecule has 1 aromatic heterocycles. The quantitative estimate of drug-likeness (QED) is 0.803. The largest absolute Gasteiger partial charge is 0.497 e. The van der Waals surface area contributed by atoms with Crippen LogP contribution in [0.4, 0.5) is 11.4 Å². The molecule has 0 atom stereocenters. The zero-order valence-electron chi connectivity index (χ0n) is 9.01. The molecule has 2 aromatic rings. The van der Waals surface area contributed by atoms with Gasteiger partial charge in [-0.25, -0.2) is 0 Å². The maximum Gasteiger partial charge on any atom is 0.277 e. The number of hydrogen-bond acceptors (Lipinski definition) is 6. The minimum atomic E-state index is -0.337. The van der Waals surface area contributed by atoms with E-state index in [-0.39, 0.29) is 11.6 Å². The van der Waals surface area contributed by atoms with E-state index in [0.29, 0.717) is 17.1 Å². The predicted octanol–water partition coefficient (Wildman–Crippen LogP) is 1.38. The van der Waals surface area contributed by atoms with E-state index in [9.17, 15) is 4.79 Å². The van der Waals surface area contributed by atoms with Crippen molar-refractivity contribution in [2.24, 2.45) is 0 Å². The maximum absolute atomic E-state index is 11.7. The van der Waals surface area contributed by atoms with Crippen LogP contribution in [-0.2, 0) is 0 Å². The van der Waals surface area contributed by atoms with Crippen LogP contribution < -0.4 is 15.8 Å². The Kier molecular flexibility index (Phi) is 3.20.